The lowest BCUT2D eigenvalue weighted by Gasteiger charge is -2.22. The van der Waals surface area contributed by atoms with Gasteiger partial charge in [-0.15, -0.1) is 43.9 Å². The second kappa shape index (κ2) is 15.7. The van der Waals surface area contributed by atoms with E-state index >= 15 is 0 Å². The number of benzene rings is 4. The molecule has 2 aliphatic heterocycles. The third-order valence-electron chi connectivity index (χ3n) is 11.1. The van der Waals surface area contributed by atoms with Crippen LogP contribution in [0.4, 0.5) is 21.6 Å². The van der Waals surface area contributed by atoms with Gasteiger partial charge in [0.1, 0.15) is 21.9 Å². The summed E-state index contributed by atoms with van der Waals surface area (Å²) < 4.78 is 12.3. The van der Waals surface area contributed by atoms with Crippen molar-refractivity contribution in [2.75, 3.05) is 59.3 Å². The first-order chi connectivity index (χ1) is 29.5. The first-order valence-electron chi connectivity index (χ1n) is 19.6. The highest BCUT2D eigenvalue weighted by atomic mass is 32.2. The zero-order valence-corrected chi connectivity index (χ0v) is 37.5. The number of thioether (sulfide) groups is 2. The number of carbonyl (C=O) groups is 2. The average Bonchev–Trinajstić information content (AvgIpc) is 4.13. The molecular weight excluding hydrogens is 845 g/mol. The van der Waals surface area contributed by atoms with Crippen molar-refractivity contribution >= 4 is 102 Å². The number of fused-ring (bicyclic) bond motifs is 2. The molecule has 4 aromatic carbocycles. The Kier molecular flexibility index (Phi) is 10.1. The van der Waals surface area contributed by atoms with Gasteiger partial charge < -0.3 is 18.6 Å². The van der Waals surface area contributed by atoms with E-state index in [1.54, 1.807) is 45.8 Å². The highest BCUT2D eigenvalue weighted by Gasteiger charge is 2.38. The van der Waals surface area contributed by atoms with Gasteiger partial charge in [-0.05, 0) is 102 Å². The largest absolute Gasteiger partial charge is 0.463 e. The van der Waals surface area contributed by atoms with Gasteiger partial charge in [0.15, 0.2) is 10.0 Å². The van der Waals surface area contributed by atoms with Gasteiger partial charge in [0, 0.05) is 50.3 Å². The zero-order chi connectivity index (χ0) is 42.1. The van der Waals surface area contributed by atoms with E-state index in [9.17, 15) is 9.59 Å². The van der Waals surface area contributed by atoms with Crippen molar-refractivity contribution in [1.29, 1.82) is 0 Å². The van der Waals surface area contributed by atoms with Gasteiger partial charge in [-0.25, -0.2) is 0 Å². The summed E-state index contributed by atoms with van der Waals surface area (Å²) in [5.74, 6) is 0.751. The number of aryl methyl sites for hydroxylation is 2. The maximum atomic E-state index is 13.3. The molecule has 8 aromatic rings. The summed E-state index contributed by atoms with van der Waals surface area (Å²) in [6.45, 7) is 4.08. The standard InChI is InChI=1S/C45H40N8O4S4/c1-24-20-56-38-32(24)16-26(18-34(38)40-46-48-44(60-40)52-36(54)22-58-42(52)28-7-11-30(12-8-28)50(3)4)15-27-17-33-25(2)21-57-39(33)35(19-27)41-47-49-45(61-41)53-37(55)23-59-43(53)29-9-13-31(14-10-29)51(5)6/h7-14,16-21,42-43H,15,22-23H2,1-6H3. The summed E-state index contributed by atoms with van der Waals surface area (Å²) >= 11 is 5.98. The molecule has 2 saturated heterocycles. The van der Waals surface area contributed by atoms with E-state index in [-0.39, 0.29) is 22.6 Å². The van der Waals surface area contributed by atoms with E-state index in [1.807, 2.05) is 42.0 Å². The van der Waals surface area contributed by atoms with Crippen LogP contribution in [-0.4, -0.2) is 71.9 Å². The predicted octanol–water partition coefficient (Wildman–Crippen LogP) is 10.1. The Hall–Kier alpha value is -5.68. The second-order valence-electron chi connectivity index (χ2n) is 15.7. The number of anilines is 4. The molecule has 0 aliphatic carbocycles. The molecule has 61 heavy (non-hydrogen) atoms. The molecule has 2 atom stereocenters. The topological polar surface area (TPSA) is 125 Å². The number of aromatic nitrogens is 4. The van der Waals surface area contributed by atoms with Crippen LogP contribution in [0.15, 0.2) is 94.2 Å². The van der Waals surface area contributed by atoms with Crippen LogP contribution in [0.1, 0.15) is 44.1 Å². The predicted molar refractivity (Wildman–Crippen MR) is 249 cm³/mol. The molecule has 0 bridgehead atoms. The van der Waals surface area contributed by atoms with Gasteiger partial charge in [0.05, 0.1) is 35.2 Å². The Labute approximate surface area is 368 Å². The molecule has 10 rings (SSSR count). The summed E-state index contributed by atoms with van der Waals surface area (Å²) in [5, 5.41) is 22.5. The van der Waals surface area contributed by atoms with Gasteiger partial charge >= 0.3 is 0 Å². The highest BCUT2D eigenvalue weighted by Crippen LogP contribution is 2.47. The van der Waals surface area contributed by atoms with Gasteiger partial charge in [0.2, 0.25) is 22.1 Å². The normalized spacial score (nSPS) is 16.8. The van der Waals surface area contributed by atoms with Crippen LogP contribution in [-0.2, 0) is 16.0 Å². The van der Waals surface area contributed by atoms with Crippen LogP contribution in [0.5, 0.6) is 0 Å². The quantitative estimate of drug-likeness (QED) is 0.130. The van der Waals surface area contributed by atoms with Crippen molar-refractivity contribution in [3.05, 3.63) is 119 Å². The number of nitrogens with zero attached hydrogens (tertiary/aromatic N) is 8. The maximum absolute atomic E-state index is 13.3. The Bertz CT molecular complexity index is 2770. The van der Waals surface area contributed by atoms with Gasteiger partial charge in [-0.2, -0.15) is 0 Å². The summed E-state index contributed by atoms with van der Waals surface area (Å²) in [5.41, 5.74) is 11.5. The fourth-order valence-electron chi connectivity index (χ4n) is 7.87. The summed E-state index contributed by atoms with van der Waals surface area (Å²) in [7, 11) is 8.04. The van der Waals surface area contributed by atoms with Crippen molar-refractivity contribution in [3.8, 4) is 21.1 Å². The van der Waals surface area contributed by atoms with Crippen LogP contribution < -0.4 is 19.6 Å². The molecule has 2 aliphatic rings. The average molecular weight is 885 g/mol. The first-order valence-corrected chi connectivity index (χ1v) is 23.3. The van der Waals surface area contributed by atoms with Crippen LogP contribution in [0.2, 0.25) is 0 Å². The number of hydrogen-bond donors (Lipinski definition) is 0. The van der Waals surface area contributed by atoms with Crippen LogP contribution in [0, 0.1) is 13.8 Å². The zero-order valence-electron chi connectivity index (χ0n) is 34.2. The number of furan rings is 2. The van der Waals surface area contributed by atoms with E-state index in [2.05, 4.69) is 103 Å². The summed E-state index contributed by atoms with van der Waals surface area (Å²) in [6, 6.07) is 25.2. The molecule has 4 aromatic heterocycles. The number of carbonyl (C=O) groups excluding carboxylic acids is 2. The number of rotatable bonds is 10. The minimum Gasteiger partial charge on any atom is -0.463 e. The van der Waals surface area contributed by atoms with Crippen LogP contribution >= 0.6 is 46.2 Å². The molecule has 0 spiro atoms. The lowest BCUT2D eigenvalue weighted by Crippen LogP contribution is -2.27. The molecule has 308 valence electrons. The second-order valence-corrected chi connectivity index (χ2v) is 19.7. The molecule has 0 radical (unpaired) electrons. The van der Waals surface area contributed by atoms with Crippen LogP contribution in [0.3, 0.4) is 0 Å². The Balaban J connectivity index is 0.974. The molecular formula is C45H40N8O4S4. The van der Waals surface area contributed by atoms with E-state index in [4.69, 9.17) is 8.83 Å². The van der Waals surface area contributed by atoms with Crippen LogP contribution in [0.25, 0.3) is 43.1 Å². The highest BCUT2D eigenvalue weighted by molar-refractivity contribution is 8.01. The van der Waals surface area contributed by atoms with Crippen molar-refractivity contribution in [2.24, 2.45) is 0 Å². The number of amides is 2. The Morgan fingerprint density at radius 1 is 0.607 bits per heavy atom. The monoisotopic (exact) mass is 884 g/mol. The molecule has 0 saturated carbocycles. The SMILES string of the molecule is Cc1coc2c(-c3nnc(N4C(=O)CSC4c4ccc(N(C)C)cc4)s3)cc(Cc3cc(-c4nnc(N5C(=O)CSC5c5ccc(N(C)C)cc5)s4)c4occ(C)c4c3)cc12. The minimum absolute atomic E-state index is 0.00561. The van der Waals surface area contributed by atoms with Gasteiger partial charge in [-0.1, -0.05) is 46.9 Å². The fraction of sp³-hybridized carbons (Fsp3) is 0.244. The number of hydrogen-bond acceptors (Lipinski definition) is 14. The summed E-state index contributed by atoms with van der Waals surface area (Å²) in [6.07, 6.45) is 4.14. The maximum Gasteiger partial charge on any atom is 0.240 e. The summed E-state index contributed by atoms with van der Waals surface area (Å²) in [4.78, 5) is 34.4. The lowest BCUT2D eigenvalue weighted by atomic mass is 9.97. The van der Waals surface area contributed by atoms with Crippen molar-refractivity contribution < 1.29 is 18.4 Å². The molecule has 2 amide bonds. The third kappa shape index (κ3) is 7.14. The first kappa shape index (κ1) is 39.5. The molecule has 16 heteroatoms. The molecule has 0 N–H and O–H groups in total. The Morgan fingerprint density at radius 2 is 1.02 bits per heavy atom. The lowest BCUT2D eigenvalue weighted by molar-refractivity contribution is -0.116. The molecule has 12 nitrogen and oxygen atoms in total. The van der Waals surface area contributed by atoms with E-state index in [1.165, 1.54) is 22.7 Å². The van der Waals surface area contributed by atoms with Gasteiger partial charge in [-0.3, -0.25) is 19.4 Å². The van der Waals surface area contributed by atoms with Crippen molar-refractivity contribution in [1.82, 2.24) is 20.4 Å². The smallest absolute Gasteiger partial charge is 0.240 e. The third-order valence-corrected chi connectivity index (χ3v) is 15.4. The van der Waals surface area contributed by atoms with Gasteiger partial charge in [0.25, 0.3) is 0 Å². The minimum atomic E-state index is -0.196. The van der Waals surface area contributed by atoms with Crippen molar-refractivity contribution in [3.63, 3.8) is 0 Å². The van der Waals surface area contributed by atoms with E-state index < -0.39 is 0 Å². The molecule has 2 fully saturated rings. The van der Waals surface area contributed by atoms with E-state index in [0.717, 1.165) is 77.8 Å². The Morgan fingerprint density at radius 3 is 1.41 bits per heavy atom. The van der Waals surface area contributed by atoms with E-state index in [0.29, 0.717) is 38.2 Å². The molecule has 6 heterocycles. The molecule has 2 unspecified atom stereocenters. The van der Waals surface area contributed by atoms with Crippen molar-refractivity contribution in [2.45, 2.75) is 31.0 Å². The fourth-order valence-corrected chi connectivity index (χ4v) is 12.1.